The molecule has 4 rings (SSSR count). The number of carbonyl (C=O) groups is 5. The molecule has 5 amide bonds. The standard InChI is InChI=1S/C22H22BFN4O8S/c1-2-27-6-7-28(20(31)19(27)30)22(34)26-16(12-5-8-37-10-12)18(29)25-14-9-11-3-4-13(24)15(21(32)33)17(11)36-23(14)35/h3-5,8,10,14,16,35H,2,6-7,9H2,1H3,(H,25,29)(H,26,34)(H,32,33)/t14-,16?/m0/s1. The number of halogens is 1. The van der Waals surface area contributed by atoms with Gasteiger partial charge in [0.25, 0.3) is 0 Å². The summed E-state index contributed by atoms with van der Waals surface area (Å²) in [5, 5.41) is 28.0. The number of hydrogen-bond donors (Lipinski definition) is 4. The predicted molar refractivity (Wildman–Crippen MR) is 127 cm³/mol. The molecule has 0 saturated carbocycles. The number of piperazine rings is 1. The van der Waals surface area contributed by atoms with Crippen LogP contribution in [0.2, 0.25) is 0 Å². The summed E-state index contributed by atoms with van der Waals surface area (Å²) < 4.78 is 19.2. The van der Waals surface area contributed by atoms with E-state index in [1.54, 1.807) is 23.8 Å². The van der Waals surface area contributed by atoms with Gasteiger partial charge in [-0.1, -0.05) is 6.07 Å². The van der Waals surface area contributed by atoms with Gasteiger partial charge in [0.05, 0.1) is 5.94 Å². The van der Waals surface area contributed by atoms with Crippen LogP contribution in [0.3, 0.4) is 0 Å². The van der Waals surface area contributed by atoms with Gasteiger partial charge in [0.2, 0.25) is 5.91 Å². The molecule has 37 heavy (non-hydrogen) atoms. The molecule has 2 aromatic rings. The number of thiophene rings is 1. The molecule has 2 aliphatic heterocycles. The summed E-state index contributed by atoms with van der Waals surface area (Å²) in [5.41, 5.74) is -0.0841. The van der Waals surface area contributed by atoms with E-state index in [1.165, 1.54) is 22.3 Å². The van der Waals surface area contributed by atoms with Gasteiger partial charge >= 0.3 is 30.9 Å². The first-order valence-electron chi connectivity index (χ1n) is 11.3. The van der Waals surface area contributed by atoms with Gasteiger partial charge in [-0.05, 0) is 47.4 Å². The summed E-state index contributed by atoms with van der Waals surface area (Å²) in [5.74, 6) is -6.59. The van der Waals surface area contributed by atoms with E-state index in [4.69, 9.17) is 4.65 Å². The summed E-state index contributed by atoms with van der Waals surface area (Å²) in [6.07, 6.45) is -0.0843. The molecule has 15 heteroatoms. The van der Waals surface area contributed by atoms with Gasteiger partial charge in [-0.25, -0.2) is 14.0 Å². The molecule has 1 saturated heterocycles. The average molecular weight is 532 g/mol. The molecule has 4 N–H and O–H groups in total. The van der Waals surface area contributed by atoms with Crippen LogP contribution in [0.5, 0.6) is 5.75 Å². The molecule has 3 heterocycles. The number of nitrogens with one attached hydrogen (secondary N) is 2. The highest BCUT2D eigenvalue weighted by molar-refractivity contribution is 7.08. The molecule has 0 spiro atoms. The highest BCUT2D eigenvalue weighted by atomic mass is 32.1. The van der Waals surface area contributed by atoms with E-state index in [0.29, 0.717) is 12.1 Å². The molecular formula is C22H22BFN4O8S. The Morgan fingerprint density at radius 3 is 2.65 bits per heavy atom. The number of amides is 5. The lowest BCUT2D eigenvalue weighted by atomic mass is 9.72. The van der Waals surface area contributed by atoms with Crippen LogP contribution in [-0.2, 0) is 20.8 Å². The van der Waals surface area contributed by atoms with Crippen molar-refractivity contribution in [3.05, 3.63) is 51.5 Å². The minimum Gasteiger partial charge on any atom is -0.534 e. The smallest absolute Gasteiger partial charge is 0.534 e. The minimum absolute atomic E-state index is 0.0450. The van der Waals surface area contributed by atoms with Crippen LogP contribution in [0.25, 0.3) is 0 Å². The number of hydrogen-bond acceptors (Lipinski definition) is 8. The third-order valence-electron chi connectivity index (χ3n) is 6.09. The van der Waals surface area contributed by atoms with E-state index < -0.39 is 60.2 Å². The number of carbonyl (C=O) groups excluding carboxylic acids is 4. The lowest BCUT2D eigenvalue weighted by Crippen LogP contribution is -2.60. The van der Waals surface area contributed by atoms with Crippen LogP contribution in [0.4, 0.5) is 9.18 Å². The molecular weight excluding hydrogens is 510 g/mol. The van der Waals surface area contributed by atoms with Gasteiger partial charge in [0.1, 0.15) is 23.2 Å². The van der Waals surface area contributed by atoms with Crippen molar-refractivity contribution < 1.29 is 43.1 Å². The predicted octanol–water partition coefficient (Wildman–Crippen LogP) is 0.166. The lowest BCUT2D eigenvalue weighted by Gasteiger charge is -2.33. The number of nitrogens with zero attached hydrogens (tertiary/aromatic N) is 2. The van der Waals surface area contributed by atoms with Crippen molar-refractivity contribution in [2.75, 3.05) is 19.6 Å². The van der Waals surface area contributed by atoms with Gasteiger partial charge in [0.15, 0.2) is 0 Å². The van der Waals surface area contributed by atoms with Gasteiger partial charge in [0, 0.05) is 19.6 Å². The normalized spacial score (nSPS) is 18.1. The number of benzene rings is 1. The SMILES string of the molecule is CCN1CCN(C(=O)NC(C(=O)N[C@H]2Cc3ccc(F)c(C(=O)O)c3OB2O)c2ccsc2)C(=O)C1=O. The van der Waals surface area contributed by atoms with Crippen molar-refractivity contribution in [3.63, 3.8) is 0 Å². The Morgan fingerprint density at radius 1 is 1.24 bits per heavy atom. The first kappa shape index (κ1) is 26.1. The summed E-state index contributed by atoms with van der Waals surface area (Å²) in [6.45, 7) is 2.14. The van der Waals surface area contributed by atoms with Crippen LogP contribution in [-0.4, -0.2) is 82.3 Å². The molecule has 194 valence electrons. The van der Waals surface area contributed by atoms with Crippen LogP contribution in [0.15, 0.2) is 29.0 Å². The molecule has 1 unspecified atom stereocenters. The molecule has 2 atom stereocenters. The fraction of sp³-hybridized carbons (Fsp3) is 0.318. The Hall–Kier alpha value is -3.98. The lowest BCUT2D eigenvalue weighted by molar-refractivity contribution is -0.153. The van der Waals surface area contributed by atoms with Crippen molar-refractivity contribution in [2.45, 2.75) is 25.3 Å². The number of imide groups is 1. The van der Waals surface area contributed by atoms with E-state index in [-0.39, 0.29) is 30.8 Å². The van der Waals surface area contributed by atoms with Gasteiger partial charge in [-0.2, -0.15) is 11.3 Å². The number of carboxylic acid groups (broad SMARTS) is 1. The Balaban J connectivity index is 1.51. The van der Waals surface area contributed by atoms with Crippen LogP contribution in [0.1, 0.15) is 34.5 Å². The van der Waals surface area contributed by atoms with Crippen LogP contribution >= 0.6 is 11.3 Å². The van der Waals surface area contributed by atoms with Crippen molar-refractivity contribution in [1.82, 2.24) is 20.4 Å². The fourth-order valence-electron chi connectivity index (χ4n) is 4.14. The largest absolute Gasteiger partial charge is 0.547 e. The summed E-state index contributed by atoms with van der Waals surface area (Å²) in [4.78, 5) is 64.2. The highest BCUT2D eigenvalue weighted by Gasteiger charge is 2.41. The molecule has 12 nitrogen and oxygen atoms in total. The van der Waals surface area contributed by atoms with Gasteiger partial charge in [-0.15, -0.1) is 0 Å². The zero-order chi connectivity index (χ0) is 26.9. The van der Waals surface area contributed by atoms with E-state index in [0.717, 1.165) is 11.0 Å². The maximum atomic E-state index is 14.0. The number of likely N-dealkylation sites (N-methyl/N-ethyl adjacent to an activating group) is 1. The third kappa shape index (κ3) is 5.13. The summed E-state index contributed by atoms with van der Waals surface area (Å²) in [7, 11) is -1.71. The van der Waals surface area contributed by atoms with Gasteiger partial charge < -0.3 is 30.3 Å². The first-order chi connectivity index (χ1) is 17.6. The number of carboxylic acids is 1. The highest BCUT2D eigenvalue weighted by Crippen LogP contribution is 2.32. The molecule has 0 radical (unpaired) electrons. The average Bonchev–Trinajstić information content (AvgIpc) is 3.39. The molecule has 0 aliphatic carbocycles. The van der Waals surface area contributed by atoms with Crippen molar-refractivity contribution in [1.29, 1.82) is 0 Å². The second kappa shape index (κ2) is 10.6. The Bertz CT molecular complexity index is 1260. The van der Waals surface area contributed by atoms with Crippen molar-refractivity contribution in [2.24, 2.45) is 0 Å². The summed E-state index contributed by atoms with van der Waals surface area (Å²) in [6, 6.07) is 1.60. The minimum atomic E-state index is -1.71. The molecule has 1 aromatic carbocycles. The second-order valence-electron chi connectivity index (χ2n) is 8.32. The van der Waals surface area contributed by atoms with Crippen LogP contribution in [0, 0.1) is 5.82 Å². The Labute approximate surface area is 214 Å². The first-order valence-corrected chi connectivity index (χ1v) is 12.2. The number of urea groups is 1. The van der Waals surface area contributed by atoms with E-state index in [2.05, 4.69) is 10.6 Å². The van der Waals surface area contributed by atoms with Crippen LogP contribution < -0.4 is 15.3 Å². The molecule has 0 bridgehead atoms. The maximum absolute atomic E-state index is 14.0. The second-order valence-corrected chi connectivity index (χ2v) is 9.10. The van der Waals surface area contributed by atoms with E-state index in [1.807, 2.05) is 0 Å². The maximum Gasteiger partial charge on any atom is 0.547 e. The molecule has 2 aliphatic rings. The van der Waals surface area contributed by atoms with Crippen molar-refractivity contribution in [3.8, 4) is 5.75 Å². The Kier molecular flexibility index (Phi) is 7.45. The Morgan fingerprint density at radius 2 is 2.00 bits per heavy atom. The van der Waals surface area contributed by atoms with Crippen molar-refractivity contribution >= 4 is 48.2 Å². The summed E-state index contributed by atoms with van der Waals surface area (Å²) >= 11 is 1.26. The molecule has 1 fully saturated rings. The number of aromatic carboxylic acids is 1. The zero-order valence-corrected chi connectivity index (χ0v) is 20.3. The monoisotopic (exact) mass is 532 g/mol. The van der Waals surface area contributed by atoms with E-state index in [9.17, 15) is 38.5 Å². The number of fused-ring (bicyclic) bond motifs is 1. The third-order valence-corrected chi connectivity index (χ3v) is 6.80. The number of rotatable bonds is 6. The quantitative estimate of drug-likeness (QED) is 0.302. The van der Waals surface area contributed by atoms with E-state index >= 15 is 0 Å². The zero-order valence-electron chi connectivity index (χ0n) is 19.5. The molecule has 1 aromatic heterocycles. The fourth-order valence-corrected chi connectivity index (χ4v) is 4.82. The van der Waals surface area contributed by atoms with Gasteiger partial charge in [-0.3, -0.25) is 19.3 Å². The topological polar surface area (TPSA) is 166 Å².